The largest absolute Gasteiger partial charge is 0.321 e. The molecule has 0 saturated carbocycles. The lowest BCUT2D eigenvalue weighted by Gasteiger charge is -2.12. The standard InChI is InChI=1S/C19H25N3O2S.C6H5NO2/c1-6-7-8-15(23)21-19-20-14(5)17(25-19)18(24)22-16-12(3)9-11(2)10-13(16)4;8-7(9)6-4-2-1-3-5-6/h9-10H,6-8H2,1-5H3,(H,22,24)(H,20,21,23);1-5H. The Labute approximate surface area is 203 Å². The number of benzene rings is 2. The van der Waals surface area contributed by atoms with E-state index in [0.717, 1.165) is 29.7 Å². The van der Waals surface area contributed by atoms with Crippen LogP contribution in [-0.4, -0.2) is 21.7 Å². The number of para-hydroxylation sites is 1. The van der Waals surface area contributed by atoms with Crippen LogP contribution < -0.4 is 10.6 Å². The Bertz CT molecular complexity index is 1140. The lowest BCUT2D eigenvalue weighted by atomic mass is 10.1. The maximum Gasteiger partial charge on any atom is 0.269 e. The molecule has 2 amide bonds. The van der Waals surface area contributed by atoms with Gasteiger partial charge in [0.05, 0.1) is 10.6 Å². The molecule has 0 atom stereocenters. The highest BCUT2D eigenvalue weighted by Crippen LogP contribution is 2.27. The molecule has 0 saturated heterocycles. The van der Waals surface area contributed by atoms with Gasteiger partial charge in [-0.05, 0) is 45.2 Å². The van der Waals surface area contributed by atoms with E-state index in [1.807, 2.05) is 39.8 Å². The van der Waals surface area contributed by atoms with Gasteiger partial charge in [-0.25, -0.2) is 4.98 Å². The molecule has 2 N–H and O–H groups in total. The first-order valence-electron chi connectivity index (χ1n) is 11.0. The first-order valence-corrected chi connectivity index (χ1v) is 11.8. The number of hydrogen-bond acceptors (Lipinski definition) is 6. The monoisotopic (exact) mass is 482 g/mol. The second-order valence-electron chi connectivity index (χ2n) is 7.91. The number of unbranched alkanes of at least 4 members (excludes halogenated alkanes) is 1. The van der Waals surface area contributed by atoms with Gasteiger partial charge in [-0.3, -0.25) is 19.7 Å². The lowest BCUT2D eigenvalue weighted by molar-refractivity contribution is -0.384. The van der Waals surface area contributed by atoms with Crippen molar-refractivity contribution in [1.29, 1.82) is 0 Å². The molecule has 0 aliphatic heterocycles. The predicted molar refractivity (Wildman–Crippen MR) is 137 cm³/mol. The first-order chi connectivity index (χ1) is 16.1. The van der Waals surface area contributed by atoms with E-state index in [-0.39, 0.29) is 17.5 Å². The van der Waals surface area contributed by atoms with E-state index in [1.165, 1.54) is 29.0 Å². The third kappa shape index (κ3) is 7.77. The Morgan fingerprint density at radius 2 is 1.65 bits per heavy atom. The molecule has 1 aromatic heterocycles. The van der Waals surface area contributed by atoms with E-state index in [4.69, 9.17) is 0 Å². The highest BCUT2D eigenvalue weighted by atomic mass is 32.1. The second kappa shape index (κ2) is 12.6. The molecule has 3 rings (SSSR count). The number of aryl methyl sites for hydroxylation is 4. The average Bonchev–Trinajstić information content (AvgIpc) is 3.15. The minimum atomic E-state index is -0.417. The van der Waals surface area contributed by atoms with Crippen LogP contribution in [0.3, 0.4) is 0 Å². The highest BCUT2D eigenvalue weighted by Gasteiger charge is 2.18. The number of aromatic nitrogens is 1. The Morgan fingerprint density at radius 1 is 1.03 bits per heavy atom. The molecule has 0 spiro atoms. The molecule has 0 fully saturated rings. The number of nitro benzene ring substituents is 1. The van der Waals surface area contributed by atoms with Crippen molar-refractivity contribution in [2.24, 2.45) is 0 Å². The molecule has 3 aromatic rings. The molecule has 9 heteroatoms. The Hall–Kier alpha value is -3.59. The number of nitrogens with zero attached hydrogens (tertiary/aromatic N) is 2. The Morgan fingerprint density at radius 3 is 2.18 bits per heavy atom. The van der Waals surface area contributed by atoms with Crippen molar-refractivity contribution in [2.75, 3.05) is 10.6 Å². The van der Waals surface area contributed by atoms with Gasteiger partial charge in [0, 0.05) is 24.2 Å². The summed E-state index contributed by atoms with van der Waals surface area (Å²) in [6, 6.07) is 12.0. The van der Waals surface area contributed by atoms with Gasteiger partial charge >= 0.3 is 0 Å². The summed E-state index contributed by atoms with van der Waals surface area (Å²) >= 11 is 1.21. The fourth-order valence-corrected chi connectivity index (χ4v) is 4.15. The van der Waals surface area contributed by atoms with Crippen LogP contribution in [0, 0.1) is 37.8 Å². The molecule has 34 heavy (non-hydrogen) atoms. The normalized spacial score (nSPS) is 10.1. The number of amides is 2. The summed E-state index contributed by atoms with van der Waals surface area (Å²) in [5, 5.41) is 16.2. The van der Waals surface area contributed by atoms with Gasteiger partial charge in [-0.1, -0.05) is 60.6 Å². The van der Waals surface area contributed by atoms with E-state index < -0.39 is 4.92 Å². The number of hydrogen-bond donors (Lipinski definition) is 2. The minimum absolute atomic E-state index is 0.0622. The summed E-state index contributed by atoms with van der Waals surface area (Å²) in [4.78, 5) is 38.9. The van der Waals surface area contributed by atoms with Gasteiger partial charge in [0.2, 0.25) is 5.91 Å². The maximum absolute atomic E-state index is 12.6. The van der Waals surface area contributed by atoms with Gasteiger partial charge in [0.25, 0.3) is 11.6 Å². The topological polar surface area (TPSA) is 114 Å². The first kappa shape index (κ1) is 26.7. The number of carbonyl (C=O) groups excluding carboxylic acids is 2. The molecule has 1 heterocycles. The summed E-state index contributed by atoms with van der Waals surface area (Å²) in [5.41, 5.74) is 4.81. The van der Waals surface area contributed by atoms with Crippen LogP contribution in [0.2, 0.25) is 0 Å². The third-order valence-corrected chi connectivity index (χ3v) is 5.96. The van der Waals surface area contributed by atoms with Gasteiger partial charge in [0.1, 0.15) is 4.88 Å². The maximum atomic E-state index is 12.6. The van der Waals surface area contributed by atoms with Crippen molar-refractivity contribution in [2.45, 2.75) is 53.9 Å². The molecular formula is C25H30N4O4S. The third-order valence-electron chi connectivity index (χ3n) is 4.89. The Kier molecular flexibility index (Phi) is 9.88. The molecule has 0 radical (unpaired) electrons. The fraction of sp³-hybridized carbons (Fsp3) is 0.320. The highest BCUT2D eigenvalue weighted by molar-refractivity contribution is 7.17. The van der Waals surface area contributed by atoms with Crippen LogP contribution in [0.5, 0.6) is 0 Å². The number of carbonyl (C=O) groups is 2. The van der Waals surface area contributed by atoms with Gasteiger partial charge in [0.15, 0.2) is 5.13 Å². The summed E-state index contributed by atoms with van der Waals surface area (Å²) in [6.07, 6.45) is 2.28. The van der Waals surface area contributed by atoms with Gasteiger partial charge in [-0.2, -0.15) is 0 Å². The van der Waals surface area contributed by atoms with Crippen molar-refractivity contribution >= 4 is 39.7 Å². The van der Waals surface area contributed by atoms with Crippen molar-refractivity contribution in [3.63, 3.8) is 0 Å². The molecule has 2 aromatic carbocycles. The smallest absolute Gasteiger partial charge is 0.269 e. The summed E-state index contributed by atoms with van der Waals surface area (Å²) in [7, 11) is 0. The number of thiazole rings is 1. The zero-order chi connectivity index (χ0) is 25.3. The van der Waals surface area contributed by atoms with Crippen molar-refractivity contribution in [3.05, 3.63) is 79.8 Å². The number of rotatable bonds is 7. The predicted octanol–water partition coefficient (Wildman–Crippen LogP) is 6.35. The molecular weight excluding hydrogens is 452 g/mol. The van der Waals surface area contributed by atoms with E-state index in [0.29, 0.717) is 22.1 Å². The minimum Gasteiger partial charge on any atom is -0.321 e. The summed E-state index contributed by atoms with van der Waals surface area (Å²) in [5.74, 6) is -0.258. The lowest BCUT2D eigenvalue weighted by Crippen LogP contribution is -2.13. The van der Waals surface area contributed by atoms with Gasteiger partial charge in [-0.15, -0.1) is 0 Å². The Balaban J connectivity index is 0.000000379. The number of nitro groups is 1. The molecule has 0 aliphatic rings. The van der Waals surface area contributed by atoms with E-state index >= 15 is 0 Å². The fourth-order valence-electron chi connectivity index (χ4n) is 3.28. The average molecular weight is 483 g/mol. The zero-order valence-corrected chi connectivity index (χ0v) is 20.9. The zero-order valence-electron chi connectivity index (χ0n) is 20.1. The van der Waals surface area contributed by atoms with Crippen LogP contribution in [-0.2, 0) is 4.79 Å². The van der Waals surface area contributed by atoms with Crippen LogP contribution in [0.1, 0.15) is 58.2 Å². The molecule has 0 aliphatic carbocycles. The van der Waals surface area contributed by atoms with Crippen molar-refractivity contribution < 1.29 is 14.5 Å². The van der Waals surface area contributed by atoms with E-state index in [1.54, 1.807) is 25.1 Å². The number of anilines is 2. The number of nitrogens with one attached hydrogen (secondary N) is 2. The van der Waals surface area contributed by atoms with Crippen LogP contribution in [0.15, 0.2) is 42.5 Å². The quantitative estimate of drug-likeness (QED) is 0.301. The van der Waals surface area contributed by atoms with Crippen molar-refractivity contribution in [3.8, 4) is 0 Å². The second-order valence-corrected chi connectivity index (χ2v) is 8.90. The van der Waals surface area contributed by atoms with Crippen LogP contribution in [0.4, 0.5) is 16.5 Å². The van der Waals surface area contributed by atoms with Crippen molar-refractivity contribution in [1.82, 2.24) is 4.98 Å². The molecule has 0 unspecified atom stereocenters. The van der Waals surface area contributed by atoms with Gasteiger partial charge < -0.3 is 10.6 Å². The van der Waals surface area contributed by atoms with Crippen LogP contribution >= 0.6 is 11.3 Å². The SMILES string of the molecule is CCCCC(=O)Nc1nc(C)c(C(=O)Nc2c(C)cc(C)cc2C)s1.O=[N+]([O-])c1ccccc1. The van der Waals surface area contributed by atoms with E-state index in [9.17, 15) is 19.7 Å². The van der Waals surface area contributed by atoms with Crippen LogP contribution in [0.25, 0.3) is 0 Å². The molecule has 8 nitrogen and oxygen atoms in total. The number of non-ortho nitro benzene ring substituents is 1. The summed E-state index contributed by atoms with van der Waals surface area (Å²) < 4.78 is 0. The molecule has 180 valence electrons. The molecule has 0 bridgehead atoms. The van der Waals surface area contributed by atoms with E-state index in [2.05, 4.69) is 15.6 Å². The summed E-state index contributed by atoms with van der Waals surface area (Å²) in [6.45, 7) is 9.82.